The van der Waals surface area contributed by atoms with Gasteiger partial charge in [0.2, 0.25) is 11.8 Å². The zero-order chi connectivity index (χ0) is 17.3. The van der Waals surface area contributed by atoms with Crippen LogP contribution in [0.5, 0.6) is 0 Å². The fourth-order valence-corrected chi connectivity index (χ4v) is 1.97. The van der Waals surface area contributed by atoms with E-state index in [1.54, 1.807) is 6.92 Å². The molecule has 1 fully saturated rings. The maximum atomic E-state index is 12.4. The van der Waals surface area contributed by atoms with Crippen molar-refractivity contribution in [2.24, 2.45) is 11.3 Å². The zero-order valence-electron chi connectivity index (χ0n) is 14.7. The summed E-state index contributed by atoms with van der Waals surface area (Å²) in [7, 11) is 0. The van der Waals surface area contributed by atoms with Crippen LogP contribution in [0.2, 0.25) is 0 Å². The Hall–Kier alpha value is -1.65. The predicted molar refractivity (Wildman–Crippen MR) is 63.0 cm³/mol. The van der Waals surface area contributed by atoms with Crippen LogP contribution in [-0.2, 0) is 9.59 Å². The van der Waals surface area contributed by atoms with Gasteiger partial charge in [-0.3, -0.25) is 20.2 Å². The average Bonchev–Trinajstić information content (AvgIpc) is 2.36. The molecule has 4 amide bonds. The zero-order valence-corrected chi connectivity index (χ0v) is 9.72. The molecule has 0 saturated carbocycles. The summed E-state index contributed by atoms with van der Waals surface area (Å²) < 4.78 is 38.1. The Kier molecular flexibility index (Phi) is 2.30. The van der Waals surface area contributed by atoms with Crippen LogP contribution < -0.4 is 10.6 Å². The molecular formula is C12H18N2O3. The van der Waals surface area contributed by atoms with Gasteiger partial charge in [0.05, 0.1) is 4.11 Å². The van der Waals surface area contributed by atoms with Gasteiger partial charge in [-0.05, 0) is 18.7 Å². The number of hydrogen-bond donors (Lipinski definition) is 2. The molecule has 1 atom stereocenters. The van der Waals surface area contributed by atoms with Gasteiger partial charge in [0.25, 0.3) is 0 Å². The summed E-state index contributed by atoms with van der Waals surface area (Å²) in [5.41, 5.74) is -2.39. The molecule has 5 nitrogen and oxygen atoms in total. The Morgan fingerprint density at radius 3 is 2.59 bits per heavy atom. The van der Waals surface area contributed by atoms with Gasteiger partial charge in [0.15, 0.2) is 0 Å². The molecule has 0 spiro atoms. The number of nitrogens with one attached hydrogen (secondary N) is 2. The van der Waals surface area contributed by atoms with Crippen molar-refractivity contribution in [3.05, 3.63) is 12.6 Å². The first kappa shape index (κ1) is 7.63. The van der Waals surface area contributed by atoms with E-state index < -0.39 is 48.1 Å². The summed E-state index contributed by atoms with van der Waals surface area (Å²) in [6.45, 7) is 2.11. The summed E-state index contributed by atoms with van der Waals surface area (Å²) in [6, 6.07) is -2.15. The molecule has 1 saturated heterocycles. The van der Waals surface area contributed by atoms with Crippen LogP contribution in [0.4, 0.5) is 4.79 Å². The molecule has 0 aliphatic carbocycles. The summed E-state index contributed by atoms with van der Waals surface area (Å²) in [4.78, 5) is 36.0. The highest BCUT2D eigenvalue weighted by Crippen LogP contribution is 2.37. The number of barbiturate groups is 1. The molecule has 94 valence electrons. The number of imide groups is 2. The monoisotopic (exact) mass is 243 g/mol. The van der Waals surface area contributed by atoms with Crippen molar-refractivity contribution in [3.63, 3.8) is 0 Å². The highest BCUT2D eigenvalue weighted by molar-refractivity contribution is 6.19. The quantitative estimate of drug-likeness (QED) is 0.565. The minimum absolute atomic E-state index is 0.285. The Bertz CT molecular complexity index is 523. The lowest BCUT2D eigenvalue weighted by molar-refractivity contribution is -0.148. The second-order valence-electron chi connectivity index (χ2n) is 3.99. The van der Waals surface area contributed by atoms with E-state index in [1.807, 2.05) is 10.6 Å². The maximum Gasteiger partial charge on any atom is 0.328 e. The first-order valence-electron chi connectivity index (χ1n) is 7.84. The Balaban J connectivity index is 3.61. The number of hydrogen-bond acceptors (Lipinski definition) is 3. The number of urea groups is 1. The van der Waals surface area contributed by atoms with Crippen molar-refractivity contribution in [2.75, 3.05) is 0 Å². The molecule has 1 heterocycles. The molecule has 0 aromatic rings. The van der Waals surface area contributed by atoms with Gasteiger partial charge >= 0.3 is 6.03 Å². The lowest BCUT2D eigenvalue weighted by Crippen LogP contribution is -2.64. The minimum atomic E-state index is -2.91. The van der Waals surface area contributed by atoms with Crippen LogP contribution in [0.3, 0.4) is 0 Å². The molecule has 1 aliphatic rings. The van der Waals surface area contributed by atoms with E-state index in [-0.39, 0.29) is 6.42 Å². The van der Waals surface area contributed by atoms with E-state index >= 15 is 0 Å². The third-order valence-corrected chi connectivity index (χ3v) is 2.89. The number of carbonyl (C=O) groups excluding carboxylic acids is 3. The van der Waals surface area contributed by atoms with Crippen LogP contribution in [0.25, 0.3) is 0 Å². The van der Waals surface area contributed by atoms with Crippen molar-refractivity contribution in [3.8, 4) is 0 Å². The molecule has 17 heavy (non-hydrogen) atoms. The topological polar surface area (TPSA) is 75.3 Å². The normalized spacial score (nSPS) is 25.3. The Labute approximate surface area is 108 Å². The first-order valence-corrected chi connectivity index (χ1v) is 5.34. The van der Waals surface area contributed by atoms with Gasteiger partial charge in [-0.2, -0.15) is 0 Å². The third-order valence-electron chi connectivity index (χ3n) is 2.89. The minimum Gasteiger partial charge on any atom is -0.277 e. The van der Waals surface area contributed by atoms with Crippen molar-refractivity contribution in [2.45, 2.75) is 33.1 Å². The highest BCUT2D eigenvalue weighted by atomic mass is 16.2. The number of amides is 4. The van der Waals surface area contributed by atoms with Crippen molar-refractivity contribution >= 4 is 17.8 Å². The largest absolute Gasteiger partial charge is 0.328 e. The maximum absolute atomic E-state index is 12.4. The molecule has 0 aromatic carbocycles. The van der Waals surface area contributed by atoms with Crippen molar-refractivity contribution < 1.29 is 21.2 Å². The number of allylic oxidation sites excluding steroid dienone is 1. The molecule has 1 aliphatic heterocycles. The number of rotatable bonds is 5. The van der Waals surface area contributed by atoms with Gasteiger partial charge in [0.1, 0.15) is 5.41 Å². The Morgan fingerprint density at radius 2 is 2.12 bits per heavy atom. The van der Waals surface area contributed by atoms with Crippen LogP contribution in [0, 0.1) is 11.3 Å². The average molecular weight is 243 g/mol. The summed E-state index contributed by atoms with van der Waals surface area (Å²) in [5.74, 6) is -3.16. The van der Waals surface area contributed by atoms with Crippen LogP contribution >= 0.6 is 0 Å². The molecule has 0 bridgehead atoms. The van der Waals surface area contributed by atoms with E-state index in [0.29, 0.717) is 6.42 Å². The second-order valence-corrected chi connectivity index (χ2v) is 3.99. The lowest BCUT2D eigenvalue weighted by atomic mass is 9.69. The summed E-state index contributed by atoms with van der Waals surface area (Å²) >= 11 is 0. The fourth-order valence-electron chi connectivity index (χ4n) is 1.97. The van der Waals surface area contributed by atoms with Gasteiger partial charge in [0, 0.05) is 2.74 Å². The second kappa shape index (κ2) is 5.12. The van der Waals surface area contributed by atoms with Gasteiger partial charge in [-0.25, -0.2) is 4.79 Å². The highest BCUT2D eigenvalue weighted by Gasteiger charge is 2.52. The van der Waals surface area contributed by atoms with Gasteiger partial charge in [-0.1, -0.05) is 26.3 Å². The van der Waals surface area contributed by atoms with Gasteiger partial charge in [-0.15, -0.1) is 6.53 Å². The van der Waals surface area contributed by atoms with Gasteiger partial charge < -0.3 is 0 Å². The molecule has 2 N–H and O–H groups in total. The fraction of sp³-hybridized carbons (Fsp3) is 0.583. The first-order chi connectivity index (χ1) is 10.0. The Morgan fingerprint density at radius 1 is 1.53 bits per heavy atom. The number of carbonyl (C=O) groups is 3. The van der Waals surface area contributed by atoms with E-state index in [4.69, 9.17) is 6.85 Å². The van der Waals surface area contributed by atoms with Crippen molar-refractivity contribution in [1.82, 2.24) is 10.6 Å². The lowest BCUT2D eigenvalue weighted by Gasteiger charge is -2.37. The summed E-state index contributed by atoms with van der Waals surface area (Å²) in [5, 5.41) is 3.72. The van der Waals surface area contributed by atoms with E-state index in [9.17, 15) is 14.4 Å². The molecule has 0 radical (unpaired) electrons. The molecule has 1 rings (SSSR count). The molecule has 5 heteroatoms. The standard InChI is InChI=1S/C12H18N2O3/c1-4-6-8(3)12(7-5-2)9(15)13-11(17)14-10(12)16/h5,8H,2,4,6-7H2,1,3H3,(H2,13,14,15,16,17)/i2D2,5D,7D2. The third kappa shape index (κ3) is 2.23. The molecular weight excluding hydrogens is 220 g/mol. The van der Waals surface area contributed by atoms with Crippen LogP contribution in [-0.4, -0.2) is 17.8 Å². The smallest absolute Gasteiger partial charge is 0.277 e. The van der Waals surface area contributed by atoms with Crippen LogP contribution in [0.15, 0.2) is 12.6 Å². The molecule has 1 unspecified atom stereocenters. The van der Waals surface area contributed by atoms with Crippen LogP contribution in [0.1, 0.15) is 39.9 Å². The molecule has 0 aromatic heterocycles. The SMILES string of the molecule is [2H]C([2H])=C([2H])C([2H])([2H])C1(C(C)CCC)C(=O)NC(=O)NC1=O. The van der Waals surface area contributed by atoms with Crippen molar-refractivity contribution in [1.29, 1.82) is 0 Å². The predicted octanol–water partition coefficient (Wildman–Crippen LogP) is 1.35. The van der Waals surface area contributed by atoms with E-state index in [0.717, 1.165) is 0 Å². The summed E-state index contributed by atoms with van der Waals surface area (Å²) in [6.07, 6.45) is -2.08. The van der Waals surface area contributed by atoms with E-state index in [1.165, 1.54) is 6.92 Å². The van der Waals surface area contributed by atoms with E-state index in [2.05, 4.69) is 0 Å².